The van der Waals surface area contributed by atoms with E-state index in [1.54, 1.807) is 37.7 Å². The van der Waals surface area contributed by atoms with Crippen molar-refractivity contribution in [2.24, 2.45) is 0 Å². The second kappa shape index (κ2) is 9.65. The number of benzene rings is 2. The number of rotatable bonds is 8. The van der Waals surface area contributed by atoms with Crippen molar-refractivity contribution in [3.05, 3.63) is 70.7 Å². The lowest BCUT2D eigenvalue weighted by Crippen LogP contribution is -2.23. The van der Waals surface area contributed by atoms with E-state index in [4.69, 9.17) is 9.47 Å². The summed E-state index contributed by atoms with van der Waals surface area (Å²) in [6.45, 7) is 2.55. The molecule has 0 aliphatic carbocycles. The molecule has 0 atom stereocenters. The van der Waals surface area contributed by atoms with Gasteiger partial charge in [-0.1, -0.05) is 29.8 Å². The van der Waals surface area contributed by atoms with E-state index < -0.39 is 0 Å². The predicted molar refractivity (Wildman–Crippen MR) is 126 cm³/mol. The maximum absolute atomic E-state index is 12.2. The van der Waals surface area contributed by atoms with Crippen LogP contribution in [0.5, 0.6) is 11.5 Å². The van der Waals surface area contributed by atoms with Gasteiger partial charge in [-0.05, 0) is 36.8 Å². The molecule has 0 unspecified atom stereocenters. The first-order chi connectivity index (χ1) is 15.6. The number of amides is 1. The molecule has 0 bridgehead atoms. The molecule has 2 aromatic carbocycles. The molecule has 1 amide bonds. The van der Waals surface area contributed by atoms with Crippen molar-refractivity contribution in [3.63, 3.8) is 0 Å². The number of hydrogen-bond acceptors (Lipinski definition) is 6. The van der Waals surface area contributed by atoms with Gasteiger partial charge in [0, 0.05) is 30.0 Å². The quantitative estimate of drug-likeness (QED) is 0.410. The Morgan fingerprint density at radius 2 is 2.00 bits per heavy atom. The molecular weight excluding hydrogens is 424 g/mol. The van der Waals surface area contributed by atoms with Crippen LogP contribution in [0.1, 0.15) is 16.8 Å². The van der Waals surface area contributed by atoms with Crippen LogP contribution < -0.4 is 14.8 Å². The van der Waals surface area contributed by atoms with Gasteiger partial charge in [0.1, 0.15) is 0 Å². The van der Waals surface area contributed by atoms with Crippen molar-refractivity contribution in [1.82, 2.24) is 19.9 Å². The molecule has 8 heteroatoms. The van der Waals surface area contributed by atoms with Crippen molar-refractivity contribution in [1.29, 1.82) is 0 Å². The zero-order chi connectivity index (χ0) is 22.5. The lowest BCUT2D eigenvalue weighted by molar-refractivity contribution is -0.116. The first-order valence-electron chi connectivity index (χ1n) is 10.2. The summed E-state index contributed by atoms with van der Waals surface area (Å²) < 4.78 is 12.4. The minimum absolute atomic E-state index is 0.162. The van der Waals surface area contributed by atoms with E-state index in [9.17, 15) is 4.79 Å². The molecule has 0 fully saturated rings. The minimum Gasteiger partial charge on any atom is -0.493 e. The molecule has 7 nitrogen and oxygen atoms in total. The highest BCUT2D eigenvalue weighted by Crippen LogP contribution is 2.28. The first-order valence-corrected chi connectivity index (χ1v) is 11.0. The predicted octanol–water partition coefficient (Wildman–Crippen LogP) is 4.16. The zero-order valence-electron chi connectivity index (χ0n) is 18.2. The summed E-state index contributed by atoms with van der Waals surface area (Å²) in [7, 11) is 3.17. The van der Waals surface area contributed by atoms with Crippen LogP contribution in [-0.2, 0) is 11.2 Å². The van der Waals surface area contributed by atoms with Crippen LogP contribution in [0.4, 0.5) is 0 Å². The van der Waals surface area contributed by atoms with Crippen molar-refractivity contribution >= 4 is 28.3 Å². The second-order valence-corrected chi connectivity index (χ2v) is 8.05. The highest BCUT2D eigenvalue weighted by Gasteiger charge is 2.11. The molecule has 0 aliphatic heterocycles. The van der Waals surface area contributed by atoms with E-state index in [1.807, 2.05) is 34.2 Å². The van der Waals surface area contributed by atoms with E-state index in [0.717, 1.165) is 21.8 Å². The number of aromatic nitrogens is 3. The maximum Gasteiger partial charge on any atom is 0.244 e. The lowest BCUT2D eigenvalue weighted by atomic mass is 10.1. The van der Waals surface area contributed by atoms with Crippen LogP contribution in [0.15, 0.2) is 53.9 Å². The Labute approximate surface area is 190 Å². The van der Waals surface area contributed by atoms with E-state index in [-0.39, 0.29) is 5.91 Å². The summed E-state index contributed by atoms with van der Waals surface area (Å²) in [4.78, 5) is 17.7. The number of aryl methyl sites for hydroxylation is 1. The van der Waals surface area contributed by atoms with Crippen LogP contribution in [0.2, 0.25) is 0 Å². The Bertz CT molecular complexity index is 1280. The molecule has 0 radical (unpaired) electrons. The molecule has 0 saturated heterocycles. The standard InChI is InChI=1S/C24H24N4O3S/c1-16-5-4-6-18(13-16)23-26-24-28(27-23)19(15-32-24)11-12-25-22(29)10-8-17-7-9-20(30-2)21(14-17)31-3/h4-10,13-15H,11-12H2,1-3H3,(H,25,29)/b10-8+. The molecule has 32 heavy (non-hydrogen) atoms. The van der Waals surface area contributed by atoms with Gasteiger partial charge in [-0.2, -0.15) is 4.98 Å². The normalized spacial score (nSPS) is 11.2. The fourth-order valence-corrected chi connectivity index (χ4v) is 4.16. The largest absolute Gasteiger partial charge is 0.493 e. The molecule has 1 N–H and O–H groups in total. The molecule has 2 heterocycles. The number of nitrogens with one attached hydrogen (secondary N) is 1. The van der Waals surface area contributed by atoms with Gasteiger partial charge in [-0.3, -0.25) is 4.79 Å². The number of nitrogens with zero attached hydrogens (tertiary/aromatic N) is 3. The Morgan fingerprint density at radius 1 is 1.16 bits per heavy atom. The first kappa shape index (κ1) is 21.6. The third-order valence-electron chi connectivity index (χ3n) is 4.94. The van der Waals surface area contributed by atoms with Crippen LogP contribution in [0.3, 0.4) is 0 Å². The third kappa shape index (κ3) is 4.81. The van der Waals surface area contributed by atoms with Crippen LogP contribution in [-0.4, -0.2) is 41.3 Å². The van der Waals surface area contributed by atoms with Gasteiger partial charge in [-0.25, -0.2) is 4.52 Å². The average Bonchev–Trinajstić information content (AvgIpc) is 3.39. The molecular formula is C24H24N4O3S. The summed E-state index contributed by atoms with van der Waals surface area (Å²) >= 11 is 1.55. The van der Waals surface area contributed by atoms with Crippen LogP contribution >= 0.6 is 11.3 Å². The van der Waals surface area contributed by atoms with Crippen molar-refractivity contribution < 1.29 is 14.3 Å². The maximum atomic E-state index is 12.2. The van der Waals surface area contributed by atoms with Crippen LogP contribution in [0.25, 0.3) is 22.4 Å². The molecule has 0 aliphatic rings. The van der Waals surface area contributed by atoms with E-state index >= 15 is 0 Å². The average molecular weight is 449 g/mol. The van der Waals surface area contributed by atoms with Gasteiger partial charge in [0.25, 0.3) is 0 Å². The highest BCUT2D eigenvalue weighted by molar-refractivity contribution is 7.15. The van der Waals surface area contributed by atoms with Gasteiger partial charge in [0.2, 0.25) is 10.9 Å². The number of methoxy groups -OCH3 is 2. The van der Waals surface area contributed by atoms with Gasteiger partial charge in [0.15, 0.2) is 17.3 Å². The molecule has 0 spiro atoms. The highest BCUT2D eigenvalue weighted by atomic mass is 32.1. The number of thiazole rings is 1. The van der Waals surface area contributed by atoms with Crippen molar-refractivity contribution in [3.8, 4) is 22.9 Å². The molecule has 164 valence electrons. The van der Waals surface area contributed by atoms with Crippen molar-refractivity contribution in [2.75, 3.05) is 20.8 Å². The molecule has 0 saturated carbocycles. The summed E-state index contributed by atoms with van der Waals surface area (Å²) in [6, 6.07) is 13.6. The summed E-state index contributed by atoms with van der Waals surface area (Å²) in [5.74, 6) is 1.82. The molecule has 4 aromatic rings. The number of fused-ring (bicyclic) bond motifs is 1. The Morgan fingerprint density at radius 3 is 2.78 bits per heavy atom. The topological polar surface area (TPSA) is 77.8 Å². The fourth-order valence-electron chi connectivity index (χ4n) is 3.30. The van der Waals surface area contributed by atoms with Crippen LogP contribution in [0, 0.1) is 6.92 Å². The van der Waals surface area contributed by atoms with E-state index in [0.29, 0.717) is 30.3 Å². The second-order valence-electron chi connectivity index (χ2n) is 7.22. The van der Waals surface area contributed by atoms with E-state index in [2.05, 4.69) is 34.5 Å². The number of carbonyl (C=O) groups is 1. The smallest absolute Gasteiger partial charge is 0.244 e. The van der Waals surface area contributed by atoms with Crippen molar-refractivity contribution in [2.45, 2.75) is 13.3 Å². The van der Waals surface area contributed by atoms with Gasteiger partial charge < -0.3 is 14.8 Å². The number of carbonyl (C=O) groups excluding carboxylic acids is 1. The van der Waals surface area contributed by atoms with Gasteiger partial charge in [0.05, 0.1) is 19.9 Å². The SMILES string of the molecule is COc1ccc(/C=C/C(=O)NCCc2csc3nc(-c4cccc(C)c4)nn23)cc1OC. The van der Waals surface area contributed by atoms with Gasteiger partial charge in [-0.15, -0.1) is 16.4 Å². The summed E-state index contributed by atoms with van der Waals surface area (Å²) in [6.07, 6.45) is 3.91. The Balaban J connectivity index is 1.36. The number of ether oxygens (including phenoxy) is 2. The lowest BCUT2D eigenvalue weighted by Gasteiger charge is -2.07. The monoisotopic (exact) mass is 448 g/mol. The summed E-state index contributed by atoms with van der Waals surface area (Å²) in [5, 5.41) is 9.60. The Hall–Kier alpha value is -3.65. The summed E-state index contributed by atoms with van der Waals surface area (Å²) in [5.41, 5.74) is 4.04. The Kier molecular flexibility index (Phi) is 6.51. The van der Waals surface area contributed by atoms with Gasteiger partial charge >= 0.3 is 0 Å². The zero-order valence-corrected chi connectivity index (χ0v) is 19.0. The van der Waals surface area contributed by atoms with E-state index in [1.165, 1.54) is 11.6 Å². The fraction of sp³-hybridized carbons (Fsp3) is 0.208. The minimum atomic E-state index is -0.162. The molecule has 4 rings (SSSR count). The third-order valence-corrected chi connectivity index (χ3v) is 5.81. The molecule has 2 aromatic heterocycles. The number of hydrogen-bond donors (Lipinski definition) is 1.